The molecule has 0 amide bonds. The maximum Gasteiger partial charge on any atom is 0.252 e. The van der Waals surface area contributed by atoms with Gasteiger partial charge >= 0.3 is 0 Å². The molecule has 84 heavy (non-hydrogen) atoms. The SMILES string of the molecule is c1ccc(-c2ccc3c(c2)-n2c4ccccc4c4ccccc4oc4ccccc4c4c(-n5c6ccccc6c6ccccc65)c5c6ccccc6oc6ccccc6c6ccccc6n6c5c(c42)B3c2ccc(-c3ccccc3)cc2-6)cc1. The van der Waals surface area contributed by atoms with Gasteiger partial charge in [0.25, 0.3) is 6.71 Å². The lowest BCUT2D eigenvalue weighted by Crippen LogP contribution is -2.59. The summed E-state index contributed by atoms with van der Waals surface area (Å²) in [5, 5.41) is 10.4. The molecule has 5 heterocycles. The summed E-state index contributed by atoms with van der Waals surface area (Å²) in [5.74, 6) is 0. The first-order valence-electron chi connectivity index (χ1n) is 28.9. The first kappa shape index (κ1) is 46.7. The van der Waals surface area contributed by atoms with E-state index in [1.54, 1.807) is 0 Å². The Morgan fingerprint density at radius 1 is 0.250 bits per heavy atom. The molecule has 0 fully saturated rings. The Hall–Kier alpha value is -11.1. The lowest BCUT2D eigenvalue weighted by atomic mass is 9.34. The van der Waals surface area contributed by atoms with E-state index in [1.165, 1.54) is 16.4 Å². The van der Waals surface area contributed by atoms with Gasteiger partial charge in [0.15, 0.2) is 0 Å². The van der Waals surface area contributed by atoms with E-state index in [4.69, 9.17) is 8.83 Å². The van der Waals surface area contributed by atoms with Crippen LogP contribution in [0, 0.1) is 0 Å². The van der Waals surface area contributed by atoms with Crippen LogP contribution in [0.4, 0.5) is 0 Å². The molecule has 2 aliphatic rings. The average Bonchev–Trinajstić information content (AvgIpc) is 0.900. The molecular formula is C78H48BN3O2. The molecule has 0 atom stereocenters. The van der Waals surface area contributed by atoms with Gasteiger partial charge in [-0.2, -0.15) is 0 Å². The normalized spacial score (nSPS) is 12.3. The van der Waals surface area contributed by atoms with Gasteiger partial charge in [-0.3, -0.25) is 0 Å². The zero-order chi connectivity index (χ0) is 55.0. The molecule has 16 aromatic rings. The molecule has 0 saturated heterocycles. The van der Waals surface area contributed by atoms with Crippen molar-refractivity contribution in [2.45, 2.75) is 0 Å². The highest BCUT2D eigenvalue weighted by Gasteiger charge is 2.41. The van der Waals surface area contributed by atoms with Crippen LogP contribution in [0.3, 0.4) is 0 Å². The molecule has 2 aliphatic heterocycles. The topological polar surface area (TPSA) is 41.1 Å². The second kappa shape index (κ2) is 18.2. The number of aromatic nitrogens is 3. The van der Waals surface area contributed by atoms with Gasteiger partial charge in [0.2, 0.25) is 0 Å². The summed E-state index contributed by atoms with van der Waals surface area (Å²) < 4.78 is 22.9. The van der Waals surface area contributed by atoms with Crippen LogP contribution in [-0.2, 0) is 0 Å². The first-order valence-corrected chi connectivity index (χ1v) is 28.9. The number of rotatable bonds is 3. The van der Waals surface area contributed by atoms with Crippen LogP contribution >= 0.6 is 0 Å². The number of fused-ring (bicyclic) bond motifs is 21. The predicted octanol–water partition coefficient (Wildman–Crippen LogP) is 18.6. The molecule has 6 heteroatoms. The van der Waals surface area contributed by atoms with Crippen LogP contribution in [-0.4, -0.2) is 20.4 Å². The fourth-order valence-corrected chi connectivity index (χ4v) is 14.3. The van der Waals surface area contributed by atoms with Gasteiger partial charge in [0, 0.05) is 65.2 Å². The van der Waals surface area contributed by atoms with Crippen molar-refractivity contribution < 1.29 is 8.83 Å². The summed E-state index contributed by atoms with van der Waals surface area (Å²) in [5.41, 5.74) is 20.8. The first-order chi connectivity index (χ1) is 41.7. The van der Waals surface area contributed by atoms with Gasteiger partial charge in [-0.05, 0) is 99.3 Å². The molecule has 5 nitrogen and oxygen atoms in total. The lowest BCUT2D eigenvalue weighted by Gasteiger charge is -2.37. The van der Waals surface area contributed by atoms with Crippen LogP contribution in [0.15, 0.2) is 300 Å². The van der Waals surface area contributed by atoms with E-state index in [-0.39, 0.29) is 6.71 Å². The average molecular weight is 1070 g/mol. The second-order valence-corrected chi connectivity index (χ2v) is 22.2. The van der Waals surface area contributed by atoms with Crippen molar-refractivity contribution in [1.82, 2.24) is 13.7 Å². The molecule has 0 bridgehead atoms. The lowest BCUT2D eigenvalue weighted by molar-refractivity contribution is 0.663. The monoisotopic (exact) mass is 1070 g/mol. The minimum absolute atomic E-state index is 0.280. The highest BCUT2D eigenvalue weighted by Crippen LogP contribution is 2.46. The zero-order valence-electron chi connectivity index (χ0n) is 45.4. The number of para-hydroxylation sites is 8. The Balaban J connectivity index is 1.27. The van der Waals surface area contributed by atoms with Crippen molar-refractivity contribution >= 4 is 132 Å². The van der Waals surface area contributed by atoms with Crippen molar-refractivity contribution in [1.29, 1.82) is 0 Å². The second-order valence-electron chi connectivity index (χ2n) is 22.2. The minimum Gasteiger partial charge on any atom is -0.456 e. The number of nitrogens with zero attached hydrogens (tertiary/aromatic N) is 3. The van der Waals surface area contributed by atoms with Crippen LogP contribution in [0.2, 0.25) is 0 Å². The van der Waals surface area contributed by atoms with Gasteiger partial charge < -0.3 is 22.5 Å². The van der Waals surface area contributed by atoms with Gasteiger partial charge in [0.05, 0.1) is 38.8 Å². The molecule has 3 aromatic heterocycles. The highest BCUT2D eigenvalue weighted by molar-refractivity contribution is 7.00. The third kappa shape index (κ3) is 6.73. The molecular weight excluding hydrogens is 1020 g/mol. The molecule has 0 unspecified atom stereocenters. The fourth-order valence-electron chi connectivity index (χ4n) is 14.3. The molecule has 390 valence electrons. The Morgan fingerprint density at radius 3 is 0.964 bits per heavy atom. The Labute approximate surface area is 482 Å². The van der Waals surface area contributed by atoms with Crippen LogP contribution in [0.1, 0.15) is 0 Å². The van der Waals surface area contributed by atoms with E-state index in [2.05, 4.69) is 305 Å². The standard InChI is InChI=1S/C78H48BN3O2/c1-3-23-49(24-4-1)51-43-45-61-67(47-51)81-65-37-17-9-29-55(65)57-31-11-19-39-69(57)83-71-41-21-13-33-59(71)73-76(80-63-35-15-7-27-53(63)54-28-8-16-36-64(54)80)74-60-34-14-22-42-72(60)84-70-40-20-12-32-58(70)56-30-10-18-38-66(56)82-68-48-52(50-25-5-2-6-26-50)44-46-62(68)79(61)75(77(73)81)78(74)82/h1-48H. The summed E-state index contributed by atoms with van der Waals surface area (Å²) in [6.07, 6.45) is 0. The van der Waals surface area contributed by atoms with Crippen molar-refractivity contribution in [3.8, 4) is 39.3 Å². The van der Waals surface area contributed by atoms with Gasteiger partial charge in [-0.1, -0.05) is 231 Å². The summed E-state index contributed by atoms with van der Waals surface area (Å²) in [6.45, 7) is -0.280. The molecule has 0 N–H and O–H groups in total. The largest absolute Gasteiger partial charge is 0.456 e. The molecule has 0 radical (unpaired) electrons. The summed E-state index contributed by atoms with van der Waals surface area (Å²) in [4.78, 5) is 0. The third-order valence-electron chi connectivity index (χ3n) is 17.8. The van der Waals surface area contributed by atoms with Crippen LogP contribution in [0.5, 0.6) is 0 Å². The molecule has 18 rings (SSSR count). The number of hydrogen-bond donors (Lipinski definition) is 0. The van der Waals surface area contributed by atoms with Crippen LogP contribution < -0.4 is 16.4 Å². The number of hydrogen-bond acceptors (Lipinski definition) is 2. The summed E-state index contributed by atoms with van der Waals surface area (Å²) in [7, 11) is 0. The Bertz CT molecular complexity index is 5360. The van der Waals surface area contributed by atoms with Crippen molar-refractivity contribution in [2.24, 2.45) is 0 Å². The van der Waals surface area contributed by atoms with E-state index in [0.717, 1.165) is 149 Å². The molecule has 0 saturated carbocycles. The smallest absolute Gasteiger partial charge is 0.252 e. The zero-order valence-corrected chi connectivity index (χ0v) is 45.4. The molecule has 0 aliphatic carbocycles. The molecule has 13 aromatic carbocycles. The van der Waals surface area contributed by atoms with E-state index < -0.39 is 0 Å². The van der Waals surface area contributed by atoms with Gasteiger partial charge in [-0.25, -0.2) is 0 Å². The van der Waals surface area contributed by atoms with Gasteiger partial charge in [0.1, 0.15) is 22.3 Å². The maximum atomic E-state index is 7.54. The van der Waals surface area contributed by atoms with E-state index >= 15 is 0 Å². The Morgan fingerprint density at radius 2 is 0.560 bits per heavy atom. The van der Waals surface area contributed by atoms with Crippen molar-refractivity contribution in [2.75, 3.05) is 0 Å². The predicted molar refractivity (Wildman–Crippen MR) is 352 cm³/mol. The van der Waals surface area contributed by atoms with E-state index in [0.29, 0.717) is 0 Å². The molecule has 0 spiro atoms. The quantitative estimate of drug-likeness (QED) is 0.165. The minimum atomic E-state index is -0.280. The van der Waals surface area contributed by atoms with Crippen LogP contribution in [0.25, 0.3) is 149 Å². The maximum absolute atomic E-state index is 7.54. The van der Waals surface area contributed by atoms with Gasteiger partial charge in [-0.15, -0.1) is 0 Å². The summed E-state index contributed by atoms with van der Waals surface area (Å²) in [6, 6.07) is 106. The fraction of sp³-hybridized carbons (Fsp3) is 0. The third-order valence-corrected chi connectivity index (χ3v) is 17.8. The summed E-state index contributed by atoms with van der Waals surface area (Å²) >= 11 is 0. The van der Waals surface area contributed by atoms with Crippen molar-refractivity contribution in [3.05, 3.63) is 291 Å². The highest BCUT2D eigenvalue weighted by atomic mass is 16.3. The van der Waals surface area contributed by atoms with Crippen molar-refractivity contribution in [3.63, 3.8) is 0 Å². The van der Waals surface area contributed by atoms with E-state index in [9.17, 15) is 0 Å². The number of benzene rings is 13. The van der Waals surface area contributed by atoms with E-state index in [1.807, 2.05) is 0 Å². The Kier molecular flexibility index (Phi) is 10.1.